The van der Waals surface area contributed by atoms with Gasteiger partial charge in [0.1, 0.15) is 12.6 Å². The third-order valence-electron chi connectivity index (χ3n) is 5.31. The first-order valence-corrected chi connectivity index (χ1v) is 10.4. The molecule has 0 bridgehead atoms. The van der Waals surface area contributed by atoms with E-state index < -0.39 is 24.2 Å². The summed E-state index contributed by atoms with van der Waals surface area (Å²) >= 11 is 0. The number of aliphatic carboxylic acids is 1. The van der Waals surface area contributed by atoms with Crippen LogP contribution in [0.5, 0.6) is 0 Å². The second-order valence-electron chi connectivity index (χ2n) is 7.36. The van der Waals surface area contributed by atoms with Crippen molar-refractivity contribution in [2.75, 3.05) is 13.2 Å². The maximum Gasteiger partial charge on any atom is 0.411 e. The Morgan fingerprint density at radius 1 is 1.00 bits per heavy atom. The molecule has 1 aliphatic rings. The van der Waals surface area contributed by atoms with Gasteiger partial charge in [0, 0.05) is 12.5 Å². The van der Waals surface area contributed by atoms with E-state index in [1.54, 1.807) is 0 Å². The Balaban J connectivity index is 1.49. The summed E-state index contributed by atoms with van der Waals surface area (Å²) < 4.78 is 9.93. The number of benzene rings is 2. The summed E-state index contributed by atoms with van der Waals surface area (Å²) in [5.41, 5.74) is 4.40. The largest absolute Gasteiger partial charge is 0.480 e. The summed E-state index contributed by atoms with van der Waals surface area (Å²) in [6.07, 6.45) is 0.849. The smallest absolute Gasteiger partial charge is 0.411 e. The van der Waals surface area contributed by atoms with Crippen LogP contribution in [0.3, 0.4) is 0 Å². The molecule has 2 aromatic carbocycles. The van der Waals surface area contributed by atoms with Gasteiger partial charge in [-0.05, 0) is 41.5 Å². The number of hydrogen-bond acceptors (Lipinski definition) is 5. The molecule has 0 fully saturated rings. The highest BCUT2D eigenvalue weighted by Crippen LogP contribution is 2.44. The zero-order chi connectivity index (χ0) is 22.9. The standard InChI is InChI=1S/C24H26N2O6/c1-2-31-23(29)25-14-8-7-13-21(22(27)28)26-24(30)32-15-20-18-11-5-3-9-16(18)17-10-4-6-12-19(17)20/h2-6,9-12,20-21H,1,7-8,13-15H2,(H,25,29)(H,26,30)(H,27,28). The quantitative estimate of drug-likeness (QED) is 0.381. The predicted molar refractivity (Wildman–Crippen MR) is 118 cm³/mol. The van der Waals surface area contributed by atoms with Gasteiger partial charge in [-0.15, -0.1) is 0 Å². The van der Waals surface area contributed by atoms with E-state index >= 15 is 0 Å². The SMILES string of the molecule is C=COC(=O)NCCCCC(NC(=O)OCC1c2ccccc2-c2ccccc21)C(=O)O. The van der Waals surface area contributed by atoms with Crippen LogP contribution in [0.1, 0.15) is 36.3 Å². The van der Waals surface area contributed by atoms with Gasteiger partial charge in [-0.3, -0.25) is 0 Å². The molecule has 168 valence electrons. The predicted octanol–water partition coefficient (Wildman–Crippen LogP) is 4.02. The fourth-order valence-corrected chi connectivity index (χ4v) is 3.82. The van der Waals surface area contributed by atoms with E-state index in [0.717, 1.165) is 28.5 Å². The molecule has 1 aliphatic carbocycles. The molecule has 1 unspecified atom stereocenters. The summed E-state index contributed by atoms with van der Waals surface area (Å²) in [4.78, 5) is 35.0. The zero-order valence-electron chi connectivity index (χ0n) is 17.6. The summed E-state index contributed by atoms with van der Waals surface area (Å²) in [6, 6.07) is 14.9. The van der Waals surface area contributed by atoms with Gasteiger partial charge in [0.05, 0.1) is 6.26 Å². The second-order valence-corrected chi connectivity index (χ2v) is 7.36. The monoisotopic (exact) mass is 438 g/mol. The van der Waals surface area contributed by atoms with Gasteiger partial charge in [-0.1, -0.05) is 55.1 Å². The van der Waals surface area contributed by atoms with Crippen molar-refractivity contribution in [2.24, 2.45) is 0 Å². The minimum absolute atomic E-state index is 0.0992. The maximum atomic E-state index is 12.3. The van der Waals surface area contributed by atoms with E-state index in [0.29, 0.717) is 19.4 Å². The van der Waals surface area contributed by atoms with Gasteiger partial charge in [0.25, 0.3) is 0 Å². The van der Waals surface area contributed by atoms with E-state index in [2.05, 4.69) is 21.9 Å². The van der Waals surface area contributed by atoms with Crippen LogP contribution in [0.25, 0.3) is 11.1 Å². The number of unbranched alkanes of at least 4 members (excludes halogenated alkanes) is 1. The number of carboxylic acids is 1. The fraction of sp³-hybridized carbons (Fsp3) is 0.292. The number of carbonyl (C=O) groups is 3. The van der Waals surface area contributed by atoms with Crippen LogP contribution >= 0.6 is 0 Å². The van der Waals surface area contributed by atoms with Gasteiger partial charge in [-0.25, -0.2) is 14.4 Å². The molecule has 0 spiro atoms. The van der Waals surface area contributed by atoms with Crippen molar-refractivity contribution < 1.29 is 29.0 Å². The zero-order valence-corrected chi connectivity index (χ0v) is 17.6. The fourth-order valence-electron chi connectivity index (χ4n) is 3.82. The Labute approximate surface area is 186 Å². The van der Waals surface area contributed by atoms with Crippen LogP contribution in [0.4, 0.5) is 9.59 Å². The molecule has 0 saturated heterocycles. The molecule has 2 aromatic rings. The van der Waals surface area contributed by atoms with Crippen LogP contribution in [-0.2, 0) is 14.3 Å². The number of alkyl carbamates (subject to hydrolysis) is 2. The lowest BCUT2D eigenvalue weighted by molar-refractivity contribution is -0.139. The number of amides is 2. The number of nitrogens with one attached hydrogen (secondary N) is 2. The molecule has 3 rings (SSSR count). The van der Waals surface area contributed by atoms with Crippen molar-refractivity contribution in [3.8, 4) is 11.1 Å². The van der Waals surface area contributed by atoms with E-state index in [1.165, 1.54) is 0 Å². The van der Waals surface area contributed by atoms with Crippen LogP contribution in [0.15, 0.2) is 61.4 Å². The van der Waals surface area contributed by atoms with Crippen LogP contribution in [0.2, 0.25) is 0 Å². The van der Waals surface area contributed by atoms with Crippen molar-refractivity contribution in [3.05, 3.63) is 72.5 Å². The Bertz CT molecular complexity index is 944. The van der Waals surface area contributed by atoms with E-state index in [9.17, 15) is 19.5 Å². The molecule has 3 N–H and O–H groups in total. The van der Waals surface area contributed by atoms with Crippen LogP contribution in [-0.4, -0.2) is 42.5 Å². The normalized spacial score (nSPS) is 12.8. The Hall–Kier alpha value is -3.81. The van der Waals surface area contributed by atoms with Crippen molar-refractivity contribution >= 4 is 18.2 Å². The molecule has 0 heterocycles. The van der Waals surface area contributed by atoms with Gasteiger partial charge >= 0.3 is 18.2 Å². The topological polar surface area (TPSA) is 114 Å². The highest BCUT2D eigenvalue weighted by atomic mass is 16.6. The first-order valence-electron chi connectivity index (χ1n) is 10.4. The molecular weight excluding hydrogens is 412 g/mol. The minimum atomic E-state index is -1.14. The maximum absolute atomic E-state index is 12.3. The first kappa shape index (κ1) is 22.9. The number of carbonyl (C=O) groups excluding carboxylic acids is 2. The number of carboxylic acid groups (broad SMARTS) is 1. The lowest BCUT2D eigenvalue weighted by Gasteiger charge is -2.17. The van der Waals surface area contributed by atoms with E-state index in [-0.39, 0.29) is 18.9 Å². The van der Waals surface area contributed by atoms with Crippen LogP contribution in [0, 0.1) is 0 Å². The molecule has 8 heteroatoms. The molecule has 0 radical (unpaired) electrons. The first-order chi connectivity index (χ1) is 15.5. The van der Waals surface area contributed by atoms with Crippen molar-refractivity contribution in [1.82, 2.24) is 10.6 Å². The third-order valence-corrected chi connectivity index (χ3v) is 5.31. The number of ether oxygens (including phenoxy) is 2. The number of hydrogen-bond donors (Lipinski definition) is 3. The van der Waals surface area contributed by atoms with Crippen molar-refractivity contribution in [3.63, 3.8) is 0 Å². The average Bonchev–Trinajstić information content (AvgIpc) is 3.10. The summed E-state index contributed by atoms with van der Waals surface area (Å²) in [7, 11) is 0. The lowest BCUT2D eigenvalue weighted by Crippen LogP contribution is -2.41. The second kappa shape index (κ2) is 11.0. The number of rotatable bonds is 10. The molecular formula is C24H26N2O6. The molecule has 8 nitrogen and oxygen atoms in total. The lowest BCUT2D eigenvalue weighted by atomic mass is 9.98. The molecule has 0 aliphatic heterocycles. The van der Waals surface area contributed by atoms with E-state index in [1.807, 2.05) is 48.5 Å². The molecule has 0 aromatic heterocycles. The Morgan fingerprint density at radius 2 is 1.62 bits per heavy atom. The minimum Gasteiger partial charge on any atom is -0.480 e. The summed E-state index contributed by atoms with van der Waals surface area (Å²) in [5, 5.41) is 14.3. The third kappa shape index (κ3) is 5.66. The van der Waals surface area contributed by atoms with Gasteiger partial charge < -0.3 is 25.2 Å². The van der Waals surface area contributed by atoms with Gasteiger partial charge in [-0.2, -0.15) is 0 Å². The number of fused-ring (bicyclic) bond motifs is 3. The van der Waals surface area contributed by atoms with Crippen molar-refractivity contribution in [2.45, 2.75) is 31.2 Å². The Kier molecular flexibility index (Phi) is 7.85. The Morgan fingerprint density at radius 3 is 2.22 bits per heavy atom. The molecule has 0 saturated carbocycles. The summed E-state index contributed by atoms with van der Waals surface area (Å²) in [6.45, 7) is 3.71. The molecule has 1 atom stereocenters. The summed E-state index contributed by atoms with van der Waals surface area (Å²) in [5.74, 6) is -1.24. The van der Waals surface area contributed by atoms with Gasteiger partial charge in [0.15, 0.2) is 0 Å². The van der Waals surface area contributed by atoms with Crippen molar-refractivity contribution in [1.29, 1.82) is 0 Å². The molecule has 2 amide bonds. The van der Waals surface area contributed by atoms with E-state index in [4.69, 9.17) is 4.74 Å². The highest BCUT2D eigenvalue weighted by molar-refractivity contribution is 5.81. The molecule has 32 heavy (non-hydrogen) atoms. The highest BCUT2D eigenvalue weighted by Gasteiger charge is 2.29. The average molecular weight is 438 g/mol. The van der Waals surface area contributed by atoms with Crippen LogP contribution < -0.4 is 10.6 Å². The van der Waals surface area contributed by atoms with Gasteiger partial charge in [0.2, 0.25) is 0 Å².